The molecule has 0 spiro atoms. The summed E-state index contributed by atoms with van der Waals surface area (Å²) in [4.78, 5) is 30.9. The Morgan fingerprint density at radius 1 is 0.769 bits per heavy atom. The fraction of sp³-hybridized carbons (Fsp3) is 0.438. The summed E-state index contributed by atoms with van der Waals surface area (Å²) >= 11 is 0. The zero-order chi connectivity index (χ0) is 20.9. The van der Waals surface area contributed by atoms with Crippen LogP contribution in [0.5, 0.6) is 0 Å². The minimum absolute atomic E-state index is 0.170. The molecule has 0 saturated heterocycles. The maximum Gasteiger partial charge on any atom is 0.458 e. The lowest BCUT2D eigenvalue weighted by molar-refractivity contribution is -0.193. The fourth-order valence-corrected chi connectivity index (χ4v) is 1.31. The Kier molecular flexibility index (Phi) is 7.68. The summed E-state index contributed by atoms with van der Waals surface area (Å²) in [6.07, 6.45) is -11.2. The van der Waals surface area contributed by atoms with Crippen LogP contribution < -0.4 is 0 Å². The van der Waals surface area contributed by atoms with E-state index in [-0.39, 0.29) is 17.0 Å². The van der Waals surface area contributed by atoms with Gasteiger partial charge in [0.15, 0.2) is 0 Å². The van der Waals surface area contributed by atoms with E-state index in [0.717, 1.165) is 5.56 Å². The molecule has 0 N–H and O–H groups in total. The van der Waals surface area contributed by atoms with Gasteiger partial charge in [-0.3, -0.25) is 14.4 Å². The van der Waals surface area contributed by atoms with Crippen molar-refractivity contribution < 1.29 is 45.1 Å². The van der Waals surface area contributed by atoms with Crippen molar-refractivity contribution in [3.63, 3.8) is 0 Å². The van der Waals surface area contributed by atoms with Gasteiger partial charge in [0.25, 0.3) is 0 Å². The molecule has 0 fully saturated rings. The molecule has 0 aliphatic rings. The second kappa shape index (κ2) is 8.41. The van der Waals surface area contributed by atoms with E-state index in [1.807, 2.05) is 20.8 Å². The van der Waals surface area contributed by atoms with Gasteiger partial charge in [0.05, 0.1) is 0 Å². The van der Waals surface area contributed by atoms with E-state index in [4.69, 9.17) is 0 Å². The van der Waals surface area contributed by atoms with Gasteiger partial charge in [0, 0.05) is 11.8 Å². The first-order chi connectivity index (χ1) is 11.5. The summed E-state index contributed by atoms with van der Waals surface area (Å²) in [5.74, 6) is -6.91. The van der Waals surface area contributed by atoms with Crippen LogP contribution in [0.4, 0.5) is 30.7 Å². The van der Waals surface area contributed by atoms with Gasteiger partial charge in [-0.2, -0.15) is 26.3 Å². The topological polar surface area (TPSA) is 51.2 Å². The first-order valence-electron chi connectivity index (χ1n) is 6.96. The van der Waals surface area contributed by atoms with E-state index in [1.165, 1.54) is 12.1 Å². The van der Waals surface area contributed by atoms with Crippen molar-refractivity contribution in [1.29, 1.82) is 0 Å². The molecule has 0 atom stereocenters. The molecule has 0 saturated carbocycles. The van der Waals surface area contributed by atoms with Gasteiger partial charge in [-0.05, 0) is 17.7 Å². The van der Waals surface area contributed by atoms with Crippen LogP contribution in [0.15, 0.2) is 24.3 Å². The molecule has 0 amide bonds. The lowest BCUT2D eigenvalue weighted by atomic mass is 9.87. The van der Waals surface area contributed by atoms with Crippen LogP contribution >= 0.6 is 0 Å². The van der Waals surface area contributed by atoms with E-state index >= 15 is 0 Å². The number of ketones is 3. The first-order valence-corrected chi connectivity index (χ1v) is 6.96. The van der Waals surface area contributed by atoms with Gasteiger partial charge in [0.1, 0.15) is 11.6 Å². The third-order valence-electron chi connectivity index (χ3n) is 2.84. The van der Waals surface area contributed by atoms with Crippen LogP contribution in [0.3, 0.4) is 0 Å². The molecular weight excluding hydrogens is 373 g/mol. The highest BCUT2D eigenvalue weighted by Crippen LogP contribution is 2.24. The quantitative estimate of drug-likeness (QED) is 0.575. The molecule has 0 unspecified atom stereocenters. The molecule has 10 heteroatoms. The van der Waals surface area contributed by atoms with Crippen LogP contribution in [-0.2, 0) is 20.8 Å². The van der Waals surface area contributed by atoms with Crippen LogP contribution in [0.25, 0.3) is 0 Å². The molecule has 1 aromatic rings. The highest BCUT2D eigenvalue weighted by Gasteiger charge is 2.54. The lowest BCUT2D eigenvalue weighted by Crippen LogP contribution is -2.39. The zero-order valence-corrected chi connectivity index (χ0v) is 13.9. The Hall–Kier alpha value is -2.26. The van der Waals surface area contributed by atoms with Crippen molar-refractivity contribution in [2.75, 3.05) is 0 Å². The lowest BCUT2D eigenvalue weighted by Gasteiger charge is -2.16. The molecule has 0 bridgehead atoms. The number of hydrogen-bond acceptors (Lipinski definition) is 3. The van der Waals surface area contributed by atoms with E-state index in [0.29, 0.717) is 6.42 Å². The molecule has 1 rings (SSSR count). The number of halogens is 7. The number of carbonyl (C=O) groups excluding carboxylic acids is 3. The summed E-state index contributed by atoms with van der Waals surface area (Å²) in [6.45, 7) is 5.66. The van der Waals surface area contributed by atoms with Gasteiger partial charge in [-0.25, -0.2) is 4.39 Å². The van der Waals surface area contributed by atoms with Crippen LogP contribution in [0.2, 0.25) is 0 Å². The predicted octanol–water partition coefficient (Wildman–Crippen LogP) is 4.23. The highest BCUT2D eigenvalue weighted by molar-refractivity contribution is 6.41. The Labute approximate surface area is 144 Å². The summed E-state index contributed by atoms with van der Waals surface area (Å²) < 4.78 is 79.5. The number of alkyl halides is 6. The number of Topliss-reactive ketones (excluding diaryl/α,β-unsaturated/α-hetero) is 3. The summed E-state index contributed by atoms with van der Waals surface area (Å²) in [5, 5.41) is 0. The normalized spacial score (nSPS) is 12.1. The minimum Gasteiger partial charge on any atom is -0.299 e. The average molecular weight is 388 g/mol. The number of carbonyl (C=O) groups is 3. The van der Waals surface area contributed by atoms with E-state index in [9.17, 15) is 45.1 Å². The maximum atomic E-state index is 12.6. The summed E-state index contributed by atoms with van der Waals surface area (Å²) in [5.41, 5.74) is 0.542. The third kappa shape index (κ3) is 8.21. The zero-order valence-electron chi connectivity index (χ0n) is 13.9. The molecule has 0 aromatic heterocycles. The van der Waals surface area contributed by atoms with E-state index < -0.39 is 23.9 Å². The third-order valence-corrected chi connectivity index (χ3v) is 2.84. The van der Waals surface area contributed by atoms with Crippen molar-refractivity contribution in [1.82, 2.24) is 0 Å². The Morgan fingerprint density at radius 2 is 1.12 bits per heavy atom. The standard InChI is InChI=1S/C12H15FO.C4F6O2/c1-12(2,3)11(14)8-9-4-6-10(13)7-5-9;5-3(6,7)1(11)2(12)4(8,9)10/h4-7H,8H2,1-3H3;. The van der Waals surface area contributed by atoms with Crippen molar-refractivity contribution >= 4 is 17.3 Å². The molecule has 26 heavy (non-hydrogen) atoms. The number of benzene rings is 1. The van der Waals surface area contributed by atoms with E-state index in [1.54, 1.807) is 12.1 Å². The molecule has 1 aromatic carbocycles. The monoisotopic (exact) mass is 388 g/mol. The summed E-state index contributed by atoms with van der Waals surface area (Å²) in [7, 11) is 0. The summed E-state index contributed by atoms with van der Waals surface area (Å²) in [6, 6.07) is 6.06. The molecular formula is C16H15F7O3. The van der Waals surface area contributed by atoms with Crippen molar-refractivity contribution in [2.45, 2.75) is 39.5 Å². The minimum atomic E-state index is -5.77. The Bertz CT molecular complexity index is 626. The van der Waals surface area contributed by atoms with Gasteiger partial charge in [-0.15, -0.1) is 0 Å². The van der Waals surface area contributed by atoms with Crippen molar-refractivity contribution in [3.8, 4) is 0 Å². The number of hydrogen-bond donors (Lipinski definition) is 0. The smallest absolute Gasteiger partial charge is 0.299 e. The van der Waals surface area contributed by atoms with Crippen LogP contribution in [-0.4, -0.2) is 29.7 Å². The van der Waals surface area contributed by atoms with Gasteiger partial charge < -0.3 is 0 Å². The first kappa shape index (κ1) is 23.7. The molecule has 0 aliphatic heterocycles. The number of rotatable bonds is 3. The highest BCUT2D eigenvalue weighted by atomic mass is 19.4. The molecule has 0 heterocycles. The molecule has 3 nitrogen and oxygen atoms in total. The molecule has 0 aliphatic carbocycles. The molecule has 146 valence electrons. The van der Waals surface area contributed by atoms with Gasteiger partial charge in [-0.1, -0.05) is 32.9 Å². The van der Waals surface area contributed by atoms with Crippen molar-refractivity contribution in [3.05, 3.63) is 35.6 Å². The van der Waals surface area contributed by atoms with Crippen LogP contribution in [0, 0.1) is 11.2 Å². The SMILES string of the molecule is CC(C)(C)C(=O)Cc1ccc(F)cc1.O=C(C(=O)C(F)(F)F)C(F)(F)F. The molecule has 0 radical (unpaired) electrons. The second-order valence-corrected chi connectivity index (χ2v) is 6.13. The van der Waals surface area contributed by atoms with Gasteiger partial charge >= 0.3 is 23.9 Å². The Balaban J connectivity index is 0.000000488. The Morgan fingerprint density at radius 3 is 1.38 bits per heavy atom. The van der Waals surface area contributed by atoms with Crippen LogP contribution in [0.1, 0.15) is 26.3 Å². The predicted molar refractivity (Wildman–Crippen MR) is 76.7 cm³/mol. The van der Waals surface area contributed by atoms with Gasteiger partial charge in [0.2, 0.25) is 0 Å². The van der Waals surface area contributed by atoms with Crippen molar-refractivity contribution in [2.24, 2.45) is 5.41 Å². The maximum absolute atomic E-state index is 12.6. The van der Waals surface area contributed by atoms with E-state index in [2.05, 4.69) is 0 Å². The fourth-order valence-electron chi connectivity index (χ4n) is 1.31. The second-order valence-electron chi connectivity index (χ2n) is 6.13. The average Bonchev–Trinajstić information content (AvgIpc) is 2.45. The largest absolute Gasteiger partial charge is 0.458 e.